The molecule has 7 amide bonds. The van der Waals surface area contributed by atoms with Crippen LogP contribution in [0.1, 0.15) is 89.3 Å². The average Bonchev–Trinajstić information content (AvgIpc) is 3.96. The summed E-state index contributed by atoms with van der Waals surface area (Å²) >= 11 is 1.42. The molecule has 0 spiro atoms. The van der Waals surface area contributed by atoms with Gasteiger partial charge in [-0.05, 0) is 97.4 Å². The van der Waals surface area contributed by atoms with Gasteiger partial charge in [-0.2, -0.15) is 11.8 Å². The smallest absolute Gasteiger partial charge is 0.305 e. The maximum Gasteiger partial charge on any atom is 0.305 e. The lowest BCUT2D eigenvalue weighted by molar-refractivity contribution is -0.138. The number of aliphatic imine (C=N–C) groups is 1. The summed E-state index contributed by atoms with van der Waals surface area (Å²) in [5.41, 5.74) is 25.4. The molecular weight excluding hydrogens is 1070 g/mol. The fourth-order valence-electron chi connectivity index (χ4n) is 9.21. The van der Waals surface area contributed by atoms with Gasteiger partial charge in [-0.1, -0.05) is 94.8 Å². The summed E-state index contributed by atoms with van der Waals surface area (Å²) in [4.78, 5) is 119. The molecule has 8 atom stereocenters. The van der Waals surface area contributed by atoms with E-state index in [1.165, 1.54) is 23.9 Å². The van der Waals surface area contributed by atoms with Crippen LogP contribution >= 0.6 is 11.8 Å². The number of carboxylic acids is 1. The number of carboxylic acid groups (broad SMARTS) is 1. The van der Waals surface area contributed by atoms with E-state index in [-0.39, 0.29) is 56.9 Å². The van der Waals surface area contributed by atoms with E-state index in [2.05, 4.69) is 47.2 Å². The van der Waals surface area contributed by atoms with Crippen LogP contribution in [0.2, 0.25) is 0 Å². The first-order chi connectivity index (χ1) is 39.1. The third-order valence-corrected chi connectivity index (χ3v) is 14.5. The van der Waals surface area contributed by atoms with E-state index in [0.29, 0.717) is 61.1 Å². The number of nitrogens with two attached hydrogens (primary N) is 4. The molecule has 0 radical (unpaired) electrons. The largest absolute Gasteiger partial charge is 0.508 e. The zero-order chi connectivity index (χ0) is 60.3. The molecule has 0 aliphatic heterocycles. The van der Waals surface area contributed by atoms with E-state index in [9.17, 15) is 48.6 Å². The van der Waals surface area contributed by atoms with Crippen molar-refractivity contribution in [3.05, 3.63) is 102 Å². The monoisotopic (exact) mass is 1160 g/mol. The second kappa shape index (κ2) is 34.6. The number of rotatable bonds is 36. The molecule has 1 aromatic heterocycles. The number of nitrogens with one attached hydrogen (secondary N) is 8. The molecule has 3 aromatic carbocycles. The maximum atomic E-state index is 14.6. The number of hydrogen-bond acceptors (Lipinski definition) is 13. The summed E-state index contributed by atoms with van der Waals surface area (Å²) in [5.74, 6) is -7.39. The van der Waals surface area contributed by atoms with Gasteiger partial charge in [0.25, 0.3) is 0 Å². The number of benzene rings is 3. The molecule has 23 nitrogen and oxygen atoms in total. The van der Waals surface area contributed by atoms with Crippen molar-refractivity contribution in [3.63, 3.8) is 0 Å². The zero-order valence-corrected chi connectivity index (χ0v) is 48.4. The number of carbonyl (C=O) groups excluding carboxylic acids is 7. The number of aromatic nitrogens is 1. The minimum atomic E-state index is -1.34. The van der Waals surface area contributed by atoms with Gasteiger partial charge in [0.2, 0.25) is 41.4 Å². The summed E-state index contributed by atoms with van der Waals surface area (Å²) < 4.78 is 0. The number of unbranched alkanes of at least 4 members (excludes halogenated alkanes) is 1. The van der Waals surface area contributed by atoms with Crippen LogP contribution in [0.3, 0.4) is 0 Å². The van der Waals surface area contributed by atoms with Crippen molar-refractivity contribution in [1.82, 2.24) is 42.2 Å². The van der Waals surface area contributed by atoms with Crippen molar-refractivity contribution in [2.75, 3.05) is 31.6 Å². The van der Waals surface area contributed by atoms with Gasteiger partial charge < -0.3 is 75.3 Å². The number of phenolic OH excluding ortho intramolecular Hbond substituents is 1. The highest BCUT2D eigenvalue weighted by Crippen LogP contribution is 2.21. The first-order valence-electron chi connectivity index (χ1n) is 27.8. The second-order valence-electron chi connectivity index (χ2n) is 21.1. The van der Waals surface area contributed by atoms with Crippen LogP contribution in [-0.4, -0.2) is 142 Å². The normalized spacial score (nSPS) is 14.2. The van der Waals surface area contributed by atoms with Crippen LogP contribution in [0.25, 0.3) is 10.9 Å². The van der Waals surface area contributed by atoms with E-state index in [4.69, 9.17) is 22.9 Å². The van der Waals surface area contributed by atoms with E-state index < -0.39 is 107 Å². The number of fused-ring (bicyclic) bond motifs is 1. The Kier molecular flexibility index (Phi) is 28.2. The van der Waals surface area contributed by atoms with E-state index in [1.54, 1.807) is 76.4 Å². The Morgan fingerprint density at radius 3 is 1.70 bits per heavy atom. The Bertz CT molecular complexity index is 2740. The first kappa shape index (κ1) is 66.8. The molecule has 82 heavy (non-hydrogen) atoms. The number of aromatic hydroxyl groups is 1. The lowest BCUT2D eigenvalue weighted by Crippen LogP contribution is -2.62. The molecule has 18 N–H and O–H groups in total. The summed E-state index contributed by atoms with van der Waals surface area (Å²) in [5, 5.41) is 40.3. The number of amides is 7. The number of aromatic amines is 1. The highest BCUT2D eigenvalue weighted by atomic mass is 32.2. The van der Waals surface area contributed by atoms with Gasteiger partial charge in [0, 0.05) is 55.5 Å². The molecule has 0 fully saturated rings. The third-order valence-electron chi connectivity index (χ3n) is 13.8. The summed E-state index contributed by atoms with van der Waals surface area (Å²) in [6.07, 6.45) is 5.58. The van der Waals surface area contributed by atoms with Crippen LogP contribution in [0.4, 0.5) is 0 Å². The van der Waals surface area contributed by atoms with Gasteiger partial charge in [0.1, 0.15) is 42.0 Å². The first-order valence-corrected chi connectivity index (χ1v) is 29.2. The molecule has 4 aromatic rings. The summed E-state index contributed by atoms with van der Waals surface area (Å²) in [6.45, 7) is 7.40. The molecule has 0 bridgehead atoms. The molecule has 0 aliphatic rings. The molecule has 4 rings (SSSR count). The molecule has 0 aliphatic carbocycles. The molecule has 448 valence electrons. The summed E-state index contributed by atoms with van der Waals surface area (Å²) in [7, 11) is 0. The Morgan fingerprint density at radius 1 is 0.585 bits per heavy atom. The predicted octanol–water partition coefficient (Wildman–Crippen LogP) is 1.59. The van der Waals surface area contributed by atoms with E-state index >= 15 is 0 Å². The van der Waals surface area contributed by atoms with Crippen LogP contribution in [0, 0.1) is 17.8 Å². The highest BCUT2D eigenvalue weighted by molar-refractivity contribution is 7.98. The number of nitrogens with zero attached hydrogens (tertiary/aromatic N) is 1. The maximum absolute atomic E-state index is 14.6. The van der Waals surface area contributed by atoms with Crippen LogP contribution < -0.4 is 60.2 Å². The van der Waals surface area contributed by atoms with Gasteiger partial charge in [0.15, 0.2) is 5.96 Å². The van der Waals surface area contributed by atoms with Crippen molar-refractivity contribution in [1.29, 1.82) is 0 Å². The fraction of sp³-hybridized carbons (Fsp3) is 0.500. The third kappa shape index (κ3) is 22.3. The summed E-state index contributed by atoms with van der Waals surface area (Å²) in [6, 6.07) is 14.2. The van der Waals surface area contributed by atoms with Crippen molar-refractivity contribution < 1.29 is 48.6 Å². The number of hydrogen-bond donors (Lipinski definition) is 14. The Balaban J connectivity index is 1.58. The number of guanidine groups is 1. The zero-order valence-electron chi connectivity index (χ0n) is 47.6. The number of para-hydroxylation sites is 1. The van der Waals surface area contributed by atoms with Crippen molar-refractivity contribution in [2.24, 2.45) is 45.7 Å². The average molecular weight is 1160 g/mol. The Hall–Kier alpha value is -7.70. The molecule has 0 unspecified atom stereocenters. The van der Waals surface area contributed by atoms with Gasteiger partial charge >= 0.3 is 5.97 Å². The second-order valence-corrected chi connectivity index (χ2v) is 22.1. The SMILES string of the molecule is CSCC[C@H](NC(=O)[C@@H](NC(=O)[C@@H](NC(=O)[C@H](Cc1ccc(O)cc1)NC(=O)[C@H](Cc1ccccc1)NC(=O)[C@@H](CN)CCCN=C(N)N)C(C)C)C(C)C)C(=O)N[C@@H](Cc1c[nH]c2ccccc12)C(=O)N[C@@H](CCCCN)CC(=O)O. The highest BCUT2D eigenvalue weighted by Gasteiger charge is 2.36. The van der Waals surface area contributed by atoms with E-state index in [1.807, 2.05) is 30.5 Å². The quantitative estimate of drug-likeness (QED) is 0.0175. The molecule has 24 heteroatoms. The van der Waals surface area contributed by atoms with Crippen molar-refractivity contribution >= 4 is 75.9 Å². The van der Waals surface area contributed by atoms with Crippen molar-refractivity contribution in [3.8, 4) is 5.75 Å². The van der Waals surface area contributed by atoms with Gasteiger partial charge in [0.05, 0.1) is 12.3 Å². The number of H-pyrrole nitrogens is 1. The van der Waals surface area contributed by atoms with Crippen molar-refractivity contribution in [2.45, 2.75) is 134 Å². The van der Waals surface area contributed by atoms with Gasteiger partial charge in [-0.25, -0.2) is 0 Å². The van der Waals surface area contributed by atoms with Crippen LogP contribution in [-0.2, 0) is 57.6 Å². The number of carbonyl (C=O) groups is 8. The fourth-order valence-corrected chi connectivity index (χ4v) is 9.68. The number of aliphatic carboxylic acids is 1. The van der Waals surface area contributed by atoms with Crippen LogP contribution in [0.5, 0.6) is 5.75 Å². The minimum absolute atomic E-state index is 0.0174. The van der Waals surface area contributed by atoms with E-state index in [0.717, 1.165) is 10.9 Å². The Morgan fingerprint density at radius 2 is 1.11 bits per heavy atom. The number of thioether (sulfide) groups is 1. The molecule has 1 heterocycles. The number of phenols is 1. The lowest BCUT2D eigenvalue weighted by atomic mass is 9.97. The molecular formula is C58H85N13O10S. The van der Waals surface area contributed by atoms with Gasteiger partial charge in [-0.15, -0.1) is 0 Å². The molecule has 0 saturated heterocycles. The molecule has 0 saturated carbocycles. The lowest BCUT2D eigenvalue weighted by Gasteiger charge is -2.30. The van der Waals surface area contributed by atoms with Crippen LogP contribution in [0.15, 0.2) is 90.1 Å². The Labute approximate surface area is 483 Å². The standard InChI is InChI=1S/C58H85N13O10S/c1-34(2)49(56(80)66-44(24-27-82-5)52(76)69-47(30-39-33-64-43-19-10-9-18-42(39)43)53(77)65-40(31-48(73)74)17-11-12-25-59)71-57(81)50(35(3)4)70-55(79)46(29-37-20-22-41(72)23-21-37)68-54(78)45(28-36-14-7-6-8-15-36)67-51(75)38(32-60)16-13-26-63-58(61)62/h6-10,14-15,18-23,33-35,38,40,44-47,49-50,64,72H,11-13,16-17,24-32,59-60H2,1-5H3,(H,65,77)(H,66,80)(H,67,75)(H,68,78)(H,69,76)(H,70,79)(H,71,81)(H,73,74)(H4,61,62,63)/t38-,40+,44+,45+,46+,47+,49+,50+/m1/s1. The minimum Gasteiger partial charge on any atom is -0.508 e. The van der Waals surface area contributed by atoms with Gasteiger partial charge in [-0.3, -0.25) is 43.3 Å². The predicted molar refractivity (Wildman–Crippen MR) is 318 cm³/mol. The topological polar surface area (TPSA) is 393 Å².